The second-order valence-corrected chi connectivity index (χ2v) is 24.7. The zero-order valence-electron chi connectivity index (χ0n) is 35.3. The quantitative estimate of drug-likeness (QED) is 0.149. The van der Waals surface area contributed by atoms with E-state index in [4.69, 9.17) is 4.42 Å². The Kier molecular flexibility index (Phi) is 8.10. The fourth-order valence-corrected chi connectivity index (χ4v) is 12.9. The third-order valence-electron chi connectivity index (χ3n) is 13.2. The van der Waals surface area contributed by atoms with Gasteiger partial charge in [-0.05, 0) is 118 Å². The average Bonchev–Trinajstić information content (AvgIpc) is 3.95. The summed E-state index contributed by atoms with van der Waals surface area (Å²) < 4.78 is 6.24. The first-order valence-electron chi connectivity index (χ1n) is 21.1. The van der Waals surface area contributed by atoms with Gasteiger partial charge in [0.05, 0.1) is 8.07 Å². The number of hydrogen-bond acceptors (Lipinski definition) is 4. The standard InChI is InChI=1S/C55H48N2OSSi/c1-54(2)46-33-39(56(35-16-10-8-11-17-35)37-22-27-41(28-23-37)60(5,6)7)24-29-43(46)52-50(54)51-53(59-52)44-30-25-40(34-47(44)55(51,3)4)57(36-18-12-9-13-19-36)38-26-31-49-45(32-38)42-20-14-15-21-48(42)58-49/h8-34H,1-7H3. The number of benzene rings is 7. The van der Waals surface area contributed by atoms with Crippen molar-refractivity contribution in [1.82, 2.24) is 0 Å². The maximum atomic E-state index is 6.24. The molecule has 2 aliphatic rings. The van der Waals surface area contributed by atoms with E-state index in [0.29, 0.717) is 0 Å². The second-order valence-electron chi connectivity index (χ2n) is 18.6. The van der Waals surface area contributed by atoms with Gasteiger partial charge in [-0.2, -0.15) is 0 Å². The van der Waals surface area contributed by atoms with E-state index in [0.717, 1.165) is 39.0 Å². The third kappa shape index (κ3) is 5.52. The largest absolute Gasteiger partial charge is 0.456 e. The van der Waals surface area contributed by atoms with Gasteiger partial charge in [-0.3, -0.25) is 0 Å². The molecule has 0 bridgehead atoms. The van der Waals surface area contributed by atoms with Crippen LogP contribution < -0.4 is 15.0 Å². The number of thiophene rings is 1. The van der Waals surface area contributed by atoms with Gasteiger partial charge < -0.3 is 14.2 Å². The van der Waals surface area contributed by atoms with Gasteiger partial charge in [0.1, 0.15) is 11.2 Å². The fourth-order valence-electron chi connectivity index (χ4n) is 10.1. The molecule has 2 aromatic heterocycles. The van der Waals surface area contributed by atoms with E-state index in [9.17, 15) is 0 Å². The predicted octanol–water partition coefficient (Wildman–Crippen LogP) is 15.7. The normalized spacial score (nSPS) is 14.5. The molecule has 2 aliphatic carbocycles. The number of rotatable bonds is 7. The van der Waals surface area contributed by atoms with Crippen LogP contribution in [0.1, 0.15) is 49.9 Å². The maximum Gasteiger partial charge on any atom is 0.135 e. The molecule has 5 heteroatoms. The zero-order valence-corrected chi connectivity index (χ0v) is 37.1. The summed E-state index contributed by atoms with van der Waals surface area (Å²) in [5.41, 5.74) is 16.8. The Morgan fingerprint density at radius 1 is 0.433 bits per heavy atom. The summed E-state index contributed by atoms with van der Waals surface area (Å²) in [6.45, 7) is 17.0. The average molecular weight is 813 g/mol. The zero-order chi connectivity index (χ0) is 41.1. The van der Waals surface area contributed by atoms with E-state index in [-0.39, 0.29) is 10.8 Å². The maximum absolute atomic E-state index is 6.24. The molecule has 60 heavy (non-hydrogen) atoms. The molecule has 7 aromatic carbocycles. The molecule has 0 spiro atoms. The molecule has 0 fully saturated rings. The van der Waals surface area contributed by atoms with E-state index in [1.165, 1.54) is 65.4 Å². The Morgan fingerprint density at radius 2 is 0.867 bits per heavy atom. The highest BCUT2D eigenvalue weighted by molar-refractivity contribution is 7.19. The molecular formula is C55H48N2OSSi. The molecule has 0 unspecified atom stereocenters. The van der Waals surface area contributed by atoms with Crippen LogP contribution in [0.3, 0.4) is 0 Å². The van der Waals surface area contributed by atoms with E-state index >= 15 is 0 Å². The lowest BCUT2D eigenvalue weighted by Gasteiger charge is -2.31. The van der Waals surface area contributed by atoms with Crippen molar-refractivity contribution in [2.45, 2.75) is 58.2 Å². The van der Waals surface area contributed by atoms with Crippen molar-refractivity contribution in [3.8, 4) is 20.9 Å². The lowest BCUT2D eigenvalue weighted by atomic mass is 9.74. The second kappa shape index (κ2) is 13.2. The number of hydrogen-bond donors (Lipinski definition) is 0. The van der Waals surface area contributed by atoms with Crippen LogP contribution in [0.25, 0.3) is 42.8 Å². The van der Waals surface area contributed by atoms with Crippen LogP contribution in [0, 0.1) is 0 Å². The Balaban J connectivity index is 1.00. The number of anilines is 6. The molecule has 0 saturated carbocycles. The molecular weight excluding hydrogens is 765 g/mol. The van der Waals surface area contributed by atoms with Gasteiger partial charge in [-0.1, -0.05) is 131 Å². The summed E-state index contributed by atoms with van der Waals surface area (Å²) in [5, 5.41) is 3.73. The lowest BCUT2D eigenvalue weighted by molar-refractivity contribution is 0.603. The van der Waals surface area contributed by atoms with E-state index in [2.05, 4.69) is 209 Å². The Bertz CT molecular complexity index is 3130. The van der Waals surface area contributed by atoms with Gasteiger partial charge >= 0.3 is 0 Å². The van der Waals surface area contributed by atoms with Gasteiger partial charge in [-0.15, -0.1) is 11.3 Å². The van der Waals surface area contributed by atoms with Crippen LogP contribution in [-0.2, 0) is 10.8 Å². The van der Waals surface area contributed by atoms with Gasteiger partial charge in [0.2, 0.25) is 0 Å². The highest BCUT2D eigenvalue weighted by atomic mass is 32.1. The van der Waals surface area contributed by atoms with Gasteiger partial charge in [0.25, 0.3) is 0 Å². The van der Waals surface area contributed by atoms with Crippen LogP contribution in [0.15, 0.2) is 168 Å². The summed E-state index contributed by atoms with van der Waals surface area (Å²) in [6, 6.07) is 60.2. The third-order valence-corrected chi connectivity index (χ3v) is 16.5. The van der Waals surface area contributed by atoms with Crippen LogP contribution >= 0.6 is 11.3 Å². The monoisotopic (exact) mass is 812 g/mol. The minimum absolute atomic E-state index is 0.185. The van der Waals surface area contributed by atoms with Gasteiger partial charge in [0.15, 0.2) is 0 Å². The summed E-state index contributed by atoms with van der Waals surface area (Å²) >= 11 is 1.99. The summed E-state index contributed by atoms with van der Waals surface area (Å²) in [6.07, 6.45) is 0. The Labute approximate surface area is 358 Å². The molecule has 0 N–H and O–H groups in total. The van der Waals surface area contributed by atoms with Gasteiger partial charge in [0, 0.05) is 65.5 Å². The van der Waals surface area contributed by atoms with Crippen molar-refractivity contribution >= 4 is 80.7 Å². The van der Waals surface area contributed by atoms with E-state index in [1.807, 2.05) is 23.5 Å². The van der Waals surface area contributed by atoms with Crippen LogP contribution in [0.5, 0.6) is 0 Å². The molecule has 9 aromatic rings. The van der Waals surface area contributed by atoms with Crippen molar-refractivity contribution in [1.29, 1.82) is 0 Å². The number of fused-ring (bicyclic) bond motifs is 10. The SMILES string of the molecule is CC1(C)c2cc(N(c3ccccc3)c3ccc([Si](C)(C)C)cc3)ccc2-c2sc3c(c21)C(C)(C)c1cc(N(c2ccccc2)c2ccc4oc5ccccc5c4c2)ccc1-3. The van der Waals surface area contributed by atoms with Crippen molar-refractivity contribution in [3.05, 3.63) is 186 Å². The molecule has 2 heterocycles. The van der Waals surface area contributed by atoms with Crippen LogP contribution in [-0.4, -0.2) is 8.07 Å². The first-order valence-corrected chi connectivity index (χ1v) is 25.4. The van der Waals surface area contributed by atoms with E-state index in [1.54, 1.807) is 0 Å². The first kappa shape index (κ1) is 36.9. The van der Waals surface area contributed by atoms with Crippen LogP contribution in [0.4, 0.5) is 34.1 Å². The molecule has 0 aliphatic heterocycles. The highest BCUT2D eigenvalue weighted by Crippen LogP contribution is 2.64. The first-order chi connectivity index (χ1) is 28.9. The number of para-hydroxylation sites is 3. The number of furan rings is 1. The van der Waals surface area contributed by atoms with Crippen molar-refractivity contribution in [3.63, 3.8) is 0 Å². The molecule has 294 valence electrons. The summed E-state index contributed by atoms with van der Waals surface area (Å²) in [5.74, 6) is 0. The smallest absolute Gasteiger partial charge is 0.135 e. The topological polar surface area (TPSA) is 19.6 Å². The minimum Gasteiger partial charge on any atom is -0.456 e. The summed E-state index contributed by atoms with van der Waals surface area (Å²) in [7, 11) is -1.43. The molecule has 0 atom stereocenters. The fraction of sp³-hybridized carbons (Fsp3) is 0.164. The number of nitrogens with zero attached hydrogens (tertiary/aromatic N) is 2. The van der Waals surface area contributed by atoms with Crippen molar-refractivity contribution in [2.75, 3.05) is 9.80 Å². The minimum atomic E-state index is -1.43. The molecule has 0 amide bonds. The molecule has 11 rings (SSSR count). The van der Waals surface area contributed by atoms with Crippen molar-refractivity contribution in [2.24, 2.45) is 0 Å². The van der Waals surface area contributed by atoms with Gasteiger partial charge in [-0.25, -0.2) is 0 Å². The molecule has 0 radical (unpaired) electrons. The predicted molar refractivity (Wildman–Crippen MR) is 259 cm³/mol. The van der Waals surface area contributed by atoms with E-state index < -0.39 is 8.07 Å². The summed E-state index contributed by atoms with van der Waals surface area (Å²) in [4.78, 5) is 7.66. The van der Waals surface area contributed by atoms with Crippen molar-refractivity contribution < 1.29 is 4.42 Å². The molecule has 3 nitrogen and oxygen atoms in total. The Morgan fingerprint density at radius 3 is 1.42 bits per heavy atom. The molecule has 0 saturated heterocycles. The lowest BCUT2D eigenvalue weighted by Crippen LogP contribution is -2.37. The highest BCUT2D eigenvalue weighted by Gasteiger charge is 2.48. The Hall–Kier alpha value is -6.14. The van der Waals surface area contributed by atoms with Crippen LogP contribution in [0.2, 0.25) is 19.6 Å².